The molecule has 2 aromatic rings. The van der Waals surface area contributed by atoms with Crippen LogP contribution in [0.5, 0.6) is 0 Å². The summed E-state index contributed by atoms with van der Waals surface area (Å²) in [5.74, 6) is -0.0141. The number of nitrogens with one attached hydrogen (secondary N) is 1. The number of sulfonamides is 1. The molecule has 1 heterocycles. The minimum Gasteiger partial charge on any atom is -0.398 e. The van der Waals surface area contributed by atoms with Crippen molar-refractivity contribution in [2.75, 3.05) is 10.5 Å². The Morgan fingerprint density at radius 2 is 1.80 bits per heavy atom. The Hall–Kier alpha value is -1.28. The van der Waals surface area contributed by atoms with Crippen LogP contribution in [0.2, 0.25) is 15.2 Å². The van der Waals surface area contributed by atoms with Crippen molar-refractivity contribution in [3.63, 3.8) is 0 Å². The molecule has 0 saturated heterocycles. The van der Waals surface area contributed by atoms with Crippen molar-refractivity contribution >= 4 is 56.3 Å². The van der Waals surface area contributed by atoms with Crippen LogP contribution in [0.3, 0.4) is 0 Å². The molecule has 0 fully saturated rings. The Bertz CT molecular complexity index is 727. The van der Waals surface area contributed by atoms with E-state index >= 15 is 0 Å². The molecule has 0 saturated carbocycles. The molecule has 106 valence electrons. The second-order valence-electron chi connectivity index (χ2n) is 3.65. The monoisotopic (exact) mass is 352 g/mol. The van der Waals surface area contributed by atoms with Gasteiger partial charge in [-0.1, -0.05) is 34.8 Å². The van der Waals surface area contributed by atoms with E-state index in [0.29, 0.717) is 0 Å². The summed E-state index contributed by atoms with van der Waals surface area (Å²) in [6.07, 6.45) is 0. The first-order chi connectivity index (χ1) is 9.29. The SMILES string of the molecule is Nc1cc(Cl)cc(Cl)c1S(=O)(=O)Nc1ccc(Cl)nn1. The Balaban J connectivity index is 2.43. The number of aromatic nitrogens is 2. The molecule has 2 rings (SSSR count). The minimum absolute atomic E-state index is 0.0141. The van der Waals surface area contributed by atoms with Gasteiger partial charge >= 0.3 is 0 Å². The van der Waals surface area contributed by atoms with Crippen LogP contribution < -0.4 is 10.5 Å². The Morgan fingerprint density at radius 3 is 2.35 bits per heavy atom. The van der Waals surface area contributed by atoms with Crippen molar-refractivity contribution in [3.05, 3.63) is 39.5 Å². The Labute approximate surface area is 129 Å². The average Bonchev–Trinajstić information content (AvgIpc) is 2.30. The number of benzene rings is 1. The number of halogens is 3. The highest BCUT2D eigenvalue weighted by Gasteiger charge is 2.22. The lowest BCUT2D eigenvalue weighted by atomic mass is 10.3. The average molecular weight is 354 g/mol. The molecular formula is C10H7Cl3N4O2S. The van der Waals surface area contributed by atoms with Gasteiger partial charge in [0, 0.05) is 5.02 Å². The lowest BCUT2D eigenvalue weighted by Crippen LogP contribution is -2.16. The van der Waals surface area contributed by atoms with Crippen LogP contribution in [-0.2, 0) is 10.0 Å². The molecule has 0 spiro atoms. The van der Waals surface area contributed by atoms with E-state index < -0.39 is 10.0 Å². The lowest BCUT2D eigenvalue weighted by Gasteiger charge is -2.11. The number of anilines is 2. The van der Waals surface area contributed by atoms with Gasteiger partial charge in [-0.15, -0.1) is 10.2 Å². The zero-order chi connectivity index (χ0) is 14.9. The van der Waals surface area contributed by atoms with E-state index in [1.807, 2.05) is 0 Å². The zero-order valence-corrected chi connectivity index (χ0v) is 12.7. The van der Waals surface area contributed by atoms with E-state index in [-0.39, 0.29) is 31.6 Å². The van der Waals surface area contributed by atoms with Crippen molar-refractivity contribution in [2.24, 2.45) is 0 Å². The van der Waals surface area contributed by atoms with E-state index in [9.17, 15) is 8.42 Å². The fraction of sp³-hybridized carbons (Fsp3) is 0. The molecule has 20 heavy (non-hydrogen) atoms. The summed E-state index contributed by atoms with van der Waals surface area (Å²) in [4.78, 5) is -0.277. The molecule has 0 unspecified atom stereocenters. The first-order valence-corrected chi connectivity index (χ1v) is 7.68. The van der Waals surface area contributed by atoms with Crippen molar-refractivity contribution < 1.29 is 8.42 Å². The maximum Gasteiger partial charge on any atom is 0.266 e. The summed E-state index contributed by atoms with van der Waals surface area (Å²) in [6.45, 7) is 0. The van der Waals surface area contributed by atoms with Crippen molar-refractivity contribution in [2.45, 2.75) is 4.90 Å². The molecule has 0 aliphatic carbocycles. The summed E-state index contributed by atoms with van der Waals surface area (Å²) in [7, 11) is -4.02. The molecular weight excluding hydrogens is 347 g/mol. The van der Waals surface area contributed by atoms with Gasteiger partial charge in [0.05, 0.1) is 10.7 Å². The number of rotatable bonds is 3. The second-order valence-corrected chi connectivity index (χ2v) is 6.50. The molecule has 6 nitrogen and oxygen atoms in total. The molecule has 0 radical (unpaired) electrons. The summed E-state index contributed by atoms with van der Waals surface area (Å²) < 4.78 is 26.6. The second kappa shape index (κ2) is 5.61. The van der Waals surface area contributed by atoms with Crippen molar-refractivity contribution in [3.8, 4) is 0 Å². The highest BCUT2D eigenvalue weighted by atomic mass is 35.5. The number of nitrogen functional groups attached to an aromatic ring is 1. The molecule has 0 aliphatic rings. The van der Waals surface area contributed by atoms with Crippen LogP contribution >= 0.6 is 34.8 Å². The van der Waals surface area contributed by atoms with Crippen LogP contribution in [0.15, 0.2) is 29.2 Å². The highest BCUT2D eigenvalue weighted by Crippen LogP contribution is 2.32. The first-order valence-electron chi connectivity index (χ1n) is 5.06. The van der Waals surface area contributed by atoms with Gasteiger partial charge in [-0.25, -0.2) is 8.42 Å². The van der Waals surface area contributed by atoms with Crippen molar-refractivity contribution in [1.29, 1.82) is 0 Å². The normalized spacial score (nSPS) is 11.3. The topological polar surface area (TPSA) is 98.0 Å². The third kappa shape index (κ3) is 3.24. The predicted molar refractivity (Wildman–Crippen MR) is 78.7 cm³/mol. The quantitative estimate of drug-likeness (QED) is 0.827. The summed E-state index contributed by atoms with van der Waals surface area (Å²) in [6, 6.07) is 5.31. The van der Waals surface area contributed by atoms with E-state index in [0.717, 1.165) is 0 Å². The lowest BCUT2D eigenvalue weighted by molar-refractivity contribution is 0.601. The molecule has 1 aromatic carbocycles. The molecule has 3 N–H and O–H groups in total. The number of nitrogens with zero attached hydrogens (tertiary/aromatic N) is 2. The van der Waals surface area contributed by atoms with E-state index in [2.05, 4.69) is 14.9 Å². The van der Waals surface area contributed by atoms with Crippen LogP contribution in [0.1, 0.15) is 0 Å². The van der Waals surface area contributed by atoms with Gasteiger partial charge in [0.25, 0.3) is 10.0 Å². The van der Waals surface area contributed by atoms with Gasteiger partial charge < -0.3 is 5.73 Å². The molecule has 0 bridgehead atoms. The van der Waals surface area contributed by atoms with Crippen molar-refractivity contribution in [1.82, 2.24) is 10.2 Å². The van der Waals surface area contributed by atoms with Crippen LogP contribution in [0.4, 0.5) is 11.5 Å². The Kier molecular flexibility index (Phi) is 4.24. The molecule has 0 aliphatic heterocycles. The standard InChI is InChI=1S/C10H7Cl3N4O2S/c11-5-3-6(12)10(7(14)4-5)20(18,19)17-9-2-1-8(13)15-16-9/h1-4H,14H2,(H,16,17). The Morgan fingerprint density at radius 1 is 1.10 bits per heavy atom. The fourth-order valence-corrected chi connectivity index (χ4v) is 3.51. The van der Waals surface area contributed by atoms with Gasteiger partial charge in [0.15, 0.2) is 11.0 Å². The predicted octanol–water partition coefficient (Wildman–Crippen LogP) is 2.82. The third-order valence-electron chi connectivity index (χ3n) is 2.18. The maximum atomic E-state index is 12.2. The number of nitrogens with two attached hydrogens (primary N) is 1. The maximum absolute atomic E-state index is 12.2. The molecule has 1 aromatic heterocycles. The van der Waals surface area contributed by atoms with Gasteiger partial charge in [0.1, 0.15) is 4.90 Å². The van der Waals surface area contributed by atoms with Gasteiger partial charge in [-0.2, -0.15) is 0 Å². The number of hydrogen-bond acceptors (Lipinski definition) is 5. The zero-order valence-electron chi connectivity index (χ0n) is 9.64. The molecule has 0 atom stereocenters. The largest absolute Gasteiger partial charge is 0.398 e. The first kappa shape index (κ1) is 15.1. The summed E-state index contributed by atoms with van der Waals surface area (Å²) in [5.41, 5.74) is 5.57. The molecule has 10 heteroatoms. The summed E-state index contributed by atoms with van der Waals surface area (Å²) >= 11 is 17.2. The third-order valence-corrected chi connectivity index (χ3v) is 4.48. The minimum atomic E-state index is -4.02. The highest BCUT2D eigenvalue weighted by molar-refractivity contribution is 7.93. The van der Waals surface area contributed by atoms with Gasteiger partial charge in [0.2, 0.25) is 0 Å². The van der Waals surface area contributed by atoms with E-state index in [4.69, 9.17) is 40.5 Å². The molecule has 0 amide bonds. The van der Waals surface area contributed by atoms with E-state index in [1.165, 1.54) is 24.3 Å². The fourth-order valence-electron chi connectivity index (χ4n) is 1.42. The van der Waals surface area contributed by atoms with Crippen LogP contribution in [0, 0.1) is 0 Å². The smallest absolute Gasteiger partial charge is 0.266 e. The summed E-state index contributed by atoms with van der Waals surface area (Å²) in [5, 5.41) is 7.38. The van der Waals surface area contributed by atoms with Crippen LogP contribution in [-0.4, -0.2) is 18.6 Å². The van der Waals surface area contributed by atoms with Gasteiger partial charge in [-0.3, -0.25) is 4.72 Å². The van der Waals surface area contributed by atoms with E-state index in [1.54, 1.807) is 0 Å². The van der Waals surface area contributed by atoms with Gasteiger partial charge in [-0.05, 0) is 24.3 Å². The number of hydrogen-bond donors (Lipinski definition) is 2. The van der Waals surface area contributed by atoms with Crippen LogP contribution in [0.25, 0.3) is 0 Å².